The highest BCUT2D eigenvalue weighted by Crippen LogP contribution is 2.37. The summed E-state index contributed by atoms with van der Waals surface area (Å²) in [6, 6.07) is 12.2. The Bertz CT molecular complexity index is 1580. The lowest BCUT2D eigenvalue weighted by Crippen LogP contribution is -2.39. The van der Waals surface area contributed by atoms with Crippen LogP contribution in [0.1, 0.15) is 48.5 Å². The zero-order valence-corrected chi connectivity index (χ0v) is 23.2. The quantitative estimate of drug-likeness (QED) is 0.250. The lowest BCUT2D eigenvalue weighted by atomic mass is 10.0. The monoisotopic (exact) mass is 579 g/mol. The summed E-state index contributed by atoms with van der Waals surface area (Å²) in [4.78, 5) is 47.8. The minimum atomic E-state index is -0.787. The van der Waals surface area contributed by atoms with E-state index in [2.05, 4.69) is 27.8 Å². The van der Waals surface area contributed by atoms with Gasteiger partial charge in [-0.15, -0.1) is 11.3 Å². The van der Waals surface area contributed by atoms with Crippen LogP contribution in [0.2, 0.25) is 0 Å². The molecule has 0 bridgehead atoms. The van der Waals surface area contributed by atoms with Gasteiger partial charge in [-0.25, -0.2) is 4.98 Å². The van der Waals surface area contributed by atoms with E-state index in [1.807, 2.05) is 31.2 Å². The average Bonchev–Trinajstić information content (AvgIpc) is 3.29. The number of carbonyl (C=O) groups excluding carboxylic acids is 2. The zero-order valence-electron chi connectivity index (χ0n) is 20.8. The SMILES string of the molecule is CCCN1C(=O)COc2ccc(C(=O)C(C)n3cnc4sc(CC)c(-c5ccc(Br)cc5)c4c3=O)cc21. The van der Waals surface area contributed by atoms with Crippen molar-refractivity contribution in [2.24, 2.45) is 0 Å². The summed E-state index contributed by atoms with van der Waals surface area (Å²) < 4.78 is 7.93. The van der Waals surface area contributed by atoms with Gasteiger partial charge < -0.3 is 9.64 Å². The lowest BCUT2D eigenvalue weighted by molar-refractivity contribution is -0.121. The molecule has 4 aromatic rings. The van der Waals surface area contributed by atoms with Crippen molar-refractivity contribution in [2.75, 3.05) is 18.1 Å². The first kappa shape index (κ1) is 25.4. The van der Waals surface area contributed by atoms with Gasteiger partial charge in [0.25, 0.3) is 11.5 Å². The van der Waals surface area contributed by atoms with Crippen LogP contribution in [-0.2, 0) is 11.2 Å². The Morgan fingerprint density at radius 1 is 1.16 bits per heavy atom. The Balaban J connectivity index is 1.57. The van der Waals surface area contributed by atoms with Crippen LogP contribution < -0.4 is 15.2 Å². The molecule has 5 rings (SSSR count). The highest BCUT2D eigenvalue weighted by molar-refractivity contribution is 9.10. The van der Waals surface area contributed by atoms with E-state index in [1.165, 1.54) is 22.2 Å². The van der Waals surface area contributed by atoms with Crippen molar-refractivity contribution in [2.45, 2.75) is 39.7 Å². The van der Waals surface area contributed by atoms with Gasteiger partial charge >= 0.3 is 0 Å². The van der Waals surface area contributed by atoms with Crippen molar-refractivity contribution in [3.8, 4) is 16.9 Å². The second kappa shape index (κ2) is 10.2. The molecule has 1 aliphatic heterocycles. The number of ether oxygens (including phenoxy) is 1. The van der Waals surface area contributed by atoms with Gasteiger partial charge in [-0.1, -0.05) is 41.9 Å². The highest BCUT2D eigenvalue weighted by Gasteiger charge is 2.28. The molecule has 0 saturated heterocycles. The minimum absolute atomic E-state index is 0.0150. The first-order chi connectivity index (χ1) is 17.8. The number of aryl methyl sites for hydroxylation is 1. The van der Waals surface area contributed by atoms with Crippen molar-refractivity contribution in [3.63, 3.8) is 0 Å². The van der Waals surface area contributed by atoms with E-state index in [9.17, 15) is 14.4 Å². The maximum Gasteiger partial charge on any atom is 0.265 e. The summed E-state index contributed by atoms with van der Waals surface area (Å²) in [6.45, 7) is 6.28. The first-order valence-electron chi connectivity index (χ1n) is 12.2. The number of hydrogen-bond acceptors (Lipinski definition) is 6. The Labute approximate surface area is 226 Å². The van der Waals surface area contributed by atoms with Crippen LogP contribution in [0.3, 0.4) is 0 Å². The summed E-state index contributed by atoms with van der Waals surface area (Å²) in [6.07, 6.45) is 3.01. The molecule has 0 spiro atoms. The molecule has 1 aliphatic rings. The number of ketones is 1. The molecule has 3 heterocycles. The fraction of sp³-hybridized carbons (Fsp3) is 0.286. The summed E-state index contributed by atoms with van der Waals surface area (Å²) in [5.41, 5.74) is 2.56. The van der Waals surface area contributed by atoms with Gasteiger partial charge in [-0.2, -0.15) is 0 Å². The van der Waals surface area contributed by atoms with Crippen LogP contribution in [0.25, 0.3) is 21.3 Å². The molecule has 7 nitrogen and oxygen atoms in total. The van der Waals surface area contributed by atoms with Gasteiger partial charge in [0.1, 0.15) is 10.6 Å². The molecule has 2 aromatic heterocycles. The van der Waals surface area contributed by atoms with Crippen LogP contribution in [0.4, 0.5) is 5.69 Å². The average molecular weight is 581 g/mol. The van der Waals surface area contributed by atoms with Crippen molar-refractivity contribution in [1.82, 2.24) is 9.55 Å². The van der Waals surface area contributed by atoms with Crippen molar-refractivity contribution < 1.29 is 14.3 Å². The summed E-state index contributed by atoms with van der Waals surface area (Å²) in [5.74, 6) is 0.196. The Kier molecular flexibility index (Phi) is 7.00. The number of hydrogen-bond donors (Lipinski definition) is 0. The fourth-order valence-corrected chi connectivity index (χ4v) is 6.04. The summed E-state index contributed by atoms with van der Waals surface area (Å²) >= 11 is 4.98. The topological polar surface area (TPSA) is 81.5 Å². The predicted molar refractivity (Wildman–Crippen MR) is 150 cm³/mol. The maximum atomic E-state index is 13.8. The minimum Gasteiger partial charge on any atom is -0.482 e. The number of thiophene rings is 1. The molecule has 0 aliphatic carbocycles. The number of rotatable bonds is 7. The van der Waals surface area contributed by atoms with E-state index >= 15 is 0 Å². The van der Waals surface area contributed by atoms with Gasteiger partial charge in [-0.05, 0) is 55.7 Å². The normalized spacial score (nSPS) is 13.9. The third-order valence-electron chi connectivity index (χ3n) is 6.59. The molecule has 1 amide bonds. The molecule has 0 N–H and O–H groups in total. The Morgan fingerprint density at radius 3 is 2.62 bits per heavy atom. The largest absolute Gasteiger partial charge is 0.482 e. The maximum absolute atomic E-state index is 13.8. The van der Waals surface area contributed by atoms with Gasteiger partial charge in [0, 0.05) is 27.0 Å². The number of Topliss-reactive ketones (excluding diaryl/α,β-unsaturated/α-hetero) is 1. The van der Waals surface area contributed by atoms with Gasteiger partial charge in [-0.3, -0.25) is 19.0 Å². The second-order valence-corrected chi connectivity index (χ2v) is 11.0. The molecule has 1 unspecified atom stereocenters. The number of carbonyl (C=O) groups is 2. The standard InChI is InChI=1S/C28H26BrN3O4S/c1-4-12-31-20-13-18(8-11-21(20)36-14-23(31)33)26(34)16(3)32-15-30-27-25(28(32)35)24(22(5-2)37-27)17-6-9-19(29)10-7-17/h6-11,13,15-16H,4-5,12,14H2,1-3H3. The molecule has 2 aromatic carbocycles. The van der Waals surface area contributed by atoms with Gasteiger partial charge in [0.2, 0.25) is 0 Å². The number of benzene rings is 2. The zero-order chi connectivity index (χ0) is 26.3. The lowest BCUT2D eigenvalue weighted by Gasteiger charge is -2.29. The number of nitrogens with zero attached hydrogens (tertiary/aromatic N) is 3. The number of fused-ring (bicyclic) bond motifs is 2. The van der Waals surface area contributed by atoms with E-state index in [0.717, 1.165) is 33.3 Å². The second-order valence-electron chi connectivity index (χ2n) is 8.95. The third-order valence-corrected chi connectivity index (χ3v) is 8.37. The predicted octanol–water partition coefficient (Wildman–Crippen LogP) is 6.03. The smallest absolute Gasteiger partial charge is 0.265 e. The highest BCUT2D eigenvalue weighted by atomic mass is 79.9. The molecule has 1 atom stereocenters. The molecule has 0 saturated carbocycles. The fourth-order valence-electron chi connectivity index (χ4n) is 4.69. The van der Waals surface area contributed by atoms with Crippen LogP contribution in [0.15, 0.2) is 58.1 Å². The van der Waals surface area contributed by atoms with E-state index in [-0.39, 0.29) is 23.9 Å². The molecular weight excluding hydrogens is 554 g/mol. The molecule has 9 heteroatoms. The molecule has 37 heavy (non-hydrogen) atoms. The Morgan fingerprint density at radius 2 is 1.92 bits per heavy atom. The van der Waals surface area contributed by atoms with E-state index < -0.39 is 6.04 Å². The molecule has 0 fully saturated rings. The summed E-state index contributed by atoms with van der Waals surface area (Å²) in [7, 11) is 0. The molecular formula is C28H26BrN3O4S. The van der Waals surface area contributed by atoms with Crippen LogP contribution >= 0.6 is 27.3 Å². The number of amides is 1. The number of aromatic nitrogens is 2. The van der Waals surface area contributed by atoms with Gasteiger partial charge in [0.05, 0.1) is 23.4 Å². The van der Waals surface area contributed by atoms with Crippen LogP contribution in [0, 0.1) is 0 Å². The van der Waals surface area contributed by atoms with Crippen molar-refractivity contribution >= 4 is 54.9 Å². The Hall–Kier alpha value is -3.30. The van der Waals surface area contributed by atoms with Gasteiger partial charge in [0.15, 0.2) is 12.4 Å². The third kappa shape index (κ3) is 4.51. The van der Waals surface area contributed by atoms with E-state index in [1.54, 1.807) is 30.0 Å². The molecule has 0 radical (unpaired) electrons. The number of anilines is 1. The van der Waals surface area contributed by atoms with Crippen molar-refractivity contribution in [3.05, 3.63) is 74.1 Å². The van der Waals surface area contributed by atoms with Crippen molar-refractivity contribution in [1.29, 1.82) is 0 Å². The van der Waals surface area contributed by atoms with Crippen LogP contribution in [0.5, 0.6) is 5.75 Å². The number of halogens is 1. The first-order valence-corrected chi connectivity index (χ1v) is 13.8. The van der Waals surface area contributed by atoms with E-state index in [4.69, 9.17) is 4.74 Å². The molecule has 190 valence electrons. The van der Waals surface area contributed by atoms with Crippen LogP contribution in [-0.4, -0.2) is 34.4 Å². The summed E-state index contributed by atoms with van der Waals surface area (Å²) in [5, 5.41) is 0.532. The van der Waals surface area contributed by atoms with E-state index in [0.29, 0.717) is 33.8 Å².